The van der Waals surface area contributed by atoms with Crippen LogP contribution in [0.3, 0.4) is 0 Å². The van der Waals surface area contributed by atoms with Crippen LogP contribution < -0.4 is 5.32 Å². The molecule has 2 rings (SSSR count). The zero-order chi connectivity index (χ0) is 13.1. The molecule has 0 radical (unpaired) electrons. The molecule has 1 aliphatic rings. The molecule has 1 aromatic heterocycles. The Hall–Kier alpha value is -1.47. The van der Waals surface area contributed by atoms with E-state index < -0.39 is 17.9 Å². The summed E-state index contributed by atoms with van der Waals surface area (Å²) in [6.07, 6.45) is 2.99. The van der Waals surface area contributed by atoms with Gasteiger partial charge in [0.25, 0.3) is 5.91 Å². The van der Waals surface area contributed by atoms with Crippen molar-refractivity contribution in [1.82, 2.24) is 10.3 Å². The molecule has 2 N–H and O–H groups in total. The number of nitrogens with one attached hydrogen (secondary N) is 1. The monoisotopic (exact) mass is 314 g/mol. The third-order valence-corrected chi connectivity index (χ3v) is 3.11. The lowest BCUT2D eigenvalue weighted by Gasteiger charge is -2.15. The normalized spacial score (nSPS) is 22.7. The maximum atomic E-state index is 11.9. The van der Waals surface area contributed by atoms with Crippen molar-refractivity contribution in [2.75, 3.05) is 13.2 Å². The molecule has 2 heterocycles. The third kappa shape index (κ3) is 2.85. The number of carboxylic acid groups (broad SMARTS) is 1. The van der Waals surface area contributed by atoms with Gasteiger partial charge in [-0.1, -0.05) is 0 Å². The highest BCUT2D eigenvalue weighted by atomic mass is 79.9. The number of pyridine rings is 1. The van der Waals surface area contributed by atoms with E-state index >= 15 is 0 Å². The molecule has 0 saturated carbocycles. The zero-order valence-corrected chi connectivity index (χ0v) is 10.9. The van der Waals surface area contributed by atoms with E-state index in [0.717, 1.165) is 0 Å². The number of nitrogens with zero attached hydrogens (tertiary/aromatic N) is 1. The van der Waals surface area contributed by atoms with Crippen molar-refractivity contribution in [3.8, 4) is 0 Å². The average Bonchev–Trinajstić information content (AvgIpc) is 2.77. The molecule has 0 aromatic carbocycles. The van der Waals surface area contributed by atoms with Crippen LogP contribution >= 0.6 is 15.9 Å². The first kappa shape index (κ1) is 13.0. The summed E-state index contributed by atoms with van der Waals surface area (Å²) in [6, 6.07) is 1.11. The fraction of sp³-hybridized carbons (Fsp3) is 0.364. The number of halogens is 1. The van der Waals surface area contributed by atoms with E-state index in [0.29, 0.717) is 10.0 Å². The number of rotatable bonds is 3. The highest BCUT2D eigenvalue weighted by molar-refractivity contribution is 9.10. The Balaban J connectivity index is 2.05. The Morgan fingerprint density at radius 2 is 2.22 bits per heavy atom. The van der Waals surface area contributed by atoms with E-state index in [2.05, 4.69) is 26.2 Å². The van der Waals surface area contributed by atoms with Crippen LogP contribution in [0, 0.1) is 5.92 Å². The van der Waals surface area contributed by atoms with Gasteiger partial charge in [0.1, 0.15) is 5.92 Å². The minimum atomic E-state index is -0.967. The van der Waals surface area contributed by atoms with Gasteiger partial charge in [0, 0.05) is 16.9 Å². The van der Waals surface area contributed by atoms with Crippen molar-refractivity contribution in [1.29, 1.82) is 0 Å². The van der Waals surface area contributed by atoms with E-state index in [1.807, 2.05) is 0 Å². The van der Waals surface area contributed by atoms with Crippen molar-refractivity contribution in [3.05, 3.63) is 28.5 Å². The van der Waals surface area contributed by atoms with Crippen LogP contribution in [0.25, 0.3) is 0 Å². The Kier molecular flexibility index (Phi) is 3.93. The molecule has 0 bridgehead atoms. The molecule has 96 valence electrons. The average molecular weight is 315 g/mol. The largest absolute Gasteiger partial charge is 0.481 e. The van der Waals surface area contributed by atoms with E-state index in [4.69, 9.17) is 9.84 Å². The number of carbonyl (C=O) groups is 2. The Labute approximate surface area is 111 Å². The maximum Gasteiger partial charge on any atom is 0.311 e. The predicted octanol–water partition coefficient (Wildman–Crippen LogP) is 0.674. The molecular formula is C11H11BrN2O4. The summed E-state index contributed by atoms with van der Waals surface area (Å²) in [7, 11) is 0. The number of hydrogen-bond donors (Lipinski definition) is 2. The molecule has 2 atom stereocenters. The number of amides is 1. The van der Waals surface area contributed by atoms with Crippen molar-refractivity contribution in [2.45, 2.75) is 6.04 Å². The zero-order valence-electron chi connectivity index (χ0n) is 9.30. The summed E-state index contributed by atoms with van der Waals surface area (Å²) in [5.41, 5.74) is 0.375. The number of aliphatic carboxylic acids is 1. The molecule has 1 amide bonds. The van der Waals surface area contributed by atoms with E-state index in [1.54, 1.807) is 12.3 Å². The predicted molar refractivity (Wildman–Crippen MR) is 65.1 cm³/mol. The highest BCUT2D eigenvalue weighted by Crippen LogP contribution is 2.15. The summed E-state index contributed by atoms with van der Waals surface area (Å²) in [5, 5.41) is 11.6. The van der Waals surface area contributed by atoms with Crippen LogP contribution in [-0.4, -0.2) is 41.2 Å². The summed E-state index contributed by atoms with van der Waals surface area (Å²) >= 11 is 3.22. The van der Waals surface area contributed by atoms with Gasteiger partial charge in [-0.15, -0.1) is 0 Å². The Bertz CT molecular complexity index is 480. The lowest BCUT2D eigenvalue weighted by molar-refractivity contribution is -0.142. The molecule has 7 heteroatoms. The van der Waals surface area contributed by atoms with Gasteiger partial charge >= 0.3 is 5.97 Å². The summed E-state index contributed by atoms with van der Waals surface area (Å²) in [4.78, 5) is 26.7. The van der Waals surface area contributed by atoms with E-state index in [1.165, 1.54) is 6.20 Å². The lowest BCUT2D eigenvalue weighted by Crippen LogP contribution is -2.42. The summed E-state index contributed by atoms with van der Waals surface area (Å²) in [5.74, 6) is -2.02. The fourth-order valence-electron chi connectivity index (χ4n) is 1.73. The second kappa shape index (κ2) is 5.45. The van der Waals surface area contributed by atoms with Gasteiger partial charge in [0.15, 0.2) is 0 Å². The number of aromatic nitrogens is 1. The van der Waals surface area contributed by atoms with E-state index in [-0.39, 0.29) is 19.1 Å². The van der Waals surface area contributed by atoms with Gasteiger partial charge in [-0.3, -0.25) is 14.6 Å². The molecular weight excluding hydrogens is 304 g/mol. The molecule has 18 heavy (non-hydrogen) atoms. The van der Waals surface area contributed by atoms with Crippen LogP contribution in [0.5, 0.6) is 0 Å². The minimum absolute atomic E-state index is 0.122. The van der Waals surface area contributed by atoms with E-state index in [9.17, 15) is 9.59 Å². The Morgan fingerprint density at radius 3 is 2.89 bits per heavy atom. The van der Waals surface area contributed by atoms with Crippen LogP contribution in [0.4, 0.5) is 0 Å². The van der Waals surface area contributed by atoms with Crippen molar-refractivity contribution < 1.29 is 19.4 Å². The van der Waals surface area contributed by atoms with Crippen molar-refractivity contribution in [3.63, 3.8) is 0 Å². The second-order valence-corrected chi connectivity index (χ2v) is 4.87. The van der Waals surface area contributed by atoms with Gasteiger partial charge in [-0.05, 0) is 22.0 Å². The molecule has 0 aliphatic carbocycles. The quantitative estimate of drug-likeness (QED) is 0.856. The molecule has 6 nitrogen and oxygen atoms in total. The van der Waals surface area contributed by atoms with Crippen molar-refractivity contribution >= 4 is 27.8 Å². The first-order valence-electron chi connectivity index (χ1n) is 5.30. The number of carboxylic acids is 1. The van der Waals surface area contributed by atoms with Gasteiger partial charge in [-0.2, -0.15) is 0 Å². The van der Waals surface area contributed by atoms with Crippen LogP contribution in [0.15, 0.2) is 22.9 Å². The number of carbonyl (C=O) groups excluding carboxylic acids is 1. The van der Waals surface area contributed by atoms with Crippen LogP contribution in [0.1, 0.15) is 10.4 Å². The first-order valence-corrected chi connectivity index (χ1v) is 6.09. The molecule has 1 aromatic rings. The molecule has 1 fully saturated rings. The molecule has 1 aliphatic heterocycles. The standard InChI is InChI=1S/C11H11BrN2O4/c12-7-1-6(2-13-3-7)10(15)14-9-5-18-4-8(9)11(16)17/h1-3,8-9H,4-5H2,(H,14,15)(H,16,17). The van der Waals surface area contributed by atoms with Gasteiger partial charge in [0.2, 0.25) is 0 Å². The summed E-state index contributed by atoms with van der Waals surface area (Å²) in [6.45, 7) is 0.334. The first-order chi connectivity index (χ1) is 8.58. The van der Waals surface area contributed by atoms with Crippen molar-refractivity contribution in [2.24, 2.45) is 5.92 Å². The third-order valence-electron chi connectivity index (χ3n) is 2.68. The second-order valence-electron chi connectivity index (χ2n) is 3.95. The fourth-order valence-corrected chi connectivity index (χ4v) is 2.09. The summed E-state index contributed by atoms with van der Waals surface area (Å²) < 4.78 is 5.76. The lowest BCUT2D eigenvalue weighted by atomic mass is 10.0. The molecule has 0 spiro atoms. The number of hydrogen-bond acceptors (Lipinski definition) is 4. The Morgan fingerprint density at radius 1 is 1.44 bits per heavy atom. The topological polar surface area (TPSA) is 88.5 Å². The maximum absolute atomic E-state index is 11.9. The highest BCUT2D eigenvalue weighted by Gasteiger charge is 2.35. The van der Waals surface area contributed by atoms with Crippen LogP contribution in [0.2, 0.25) is 0 Å². The molecule has 2 unspecified atom stereocenters. The SMILES string of the molecule is O=C(NC1COCC1C(=O)O)c1cncc(Br)c1. The van der Waals surface area contributed by atoms with Gasteiger partial charge in [0.05, 0.1) is 24.8 Å². The van der Waals surface area contributed by atoms with Crippen LogP contribution in [-0.2, 0) is 9.53 Å². The molecule has 1 saturated heterocycles. The number of ether oxygens (including phenoxy) is 1. The minimum Gasteiger partial charge on any atom is -0.481 e. The smallest absolute Gasteiger partial charge is 0.311 e. The van der Waals surface area contributed by atoms with Gasteiger partial charge < -0.3 is 15.2 Å². The van der Waals surface area contributed by atoms with Gasteiger partial charge in [-0.25, -0.2) is 0 Å².